The van der Waals surface area contributed by atoms with E-state index in [0.717, 1.165) is 77.0 Å². The molecule has 0 bridgehead atoms. The van der Waals surface area contributed by atoms with E-state index in [4.69, 9.17) is 13.8 Å². The van der Waals surface area contributed by atoms with Gasteiger partial charge in [-0.1, -0.05) is 147 Å². The molecule has 11 nitrogen and oxygen atoms in total. The lowest BCUT2D eigenvalue weighted by atomic mass is 10.1. The molecule has 0 saturated heterocycles. The number of carboxylic acids is 1. The maximum atomic E-state index is 12.3. The van der Waals surface area contributed by atoms with Gasteiger partial charge in [0.25, 0.3) is 0 Å². The monoisotopic (exact) mass is 802 g/mol. The van der Waals surface area contributed by atoms with Crippen LogP contribution in [0.25, 0.3) is 0 Å². The van der Waals surface area contributed by atoms with Crippen molar-refractivity contribution in [2.45, 2.75) is 212 Å². The maximum absolute atomic E-state index is 12.3. The van der Waals surface area contributed by atoms with Crippen molar-refractivity contribution in [3.05, 3.63) is 24.3 Å². The van der Waals surface area contributed by atoms with E-state index in [1.54, 1.807) is 0 Å². The van der Waals surface area contributed by atoms with Gasteiger partial charge in [-0.15, -0.1) is 0 Å². The largest absolute Gasteiger partial charge is 0.480 e. The van der Waals surface area contributed by atoms with Crippen molar-refractivity contribution in [2.24, 2.45) is 0 Å². The number of esters is 1. The van der Waals surface area contributed by atoms with E-state index in [-0.39, 0.29) is 12.8 Å². The van der Waals surface area contributed by atoms with Crippen LogP contribution in [-0.4, -0.2) is 64.9 Å². The van der Waals surface area contributed by atoms with Crippen molar-refractivity contribution in [3.8, 4) is 0 Å². The van der Waals surface area contributed by atoms with Crippen molar-refractivity contribution in [2.75, 3.05) is 19.8 Å². The lowest BCUT2D eigenvalue weighted by Crippen LogP contribution is -2.43. The number of phosphoric acid groups is 1. The molecule has 0 aliphatic carbocycles. The summed E-state index contributed by atoms with van der Waals surface area (Å²) in [6.07, 6.45) is 39.1. The lowest BCUT2D eigenvalue weighted by molar-refractivity contribution is -0.147. The zero-order chi connectivity index (χ0) is 40.7. The van der Waals surface area contributed by atoms with E-state index in [1.165, 1.54) is 83.5 Å². The minimum absolute atomic E-state index is 0.136. The molecule has 0 fully saturated rings. The van der Waals surface area contributed by atoms with Crippen LogP contribution in [0.2, 0.25) is 0 Å². The number of rotatable bonds is 41. The molecule has 0 aromatic heterocycles. The van der Waals surface area contributed by atoms with Crippen LogP contribution in [0.15, 0.2) is 24.3 Å². The molecular weight excluding hydrogens is 721 g/mol. The summed E-state index contributed by atoms with van der Waals surface area (Å²) in [5, 5.41) is 21.8. The molecule has 4 N–H and O–H groups in total. The number of unbranched alkanes of at least 4 members (excludes halogenated alkanes) is 23. The van der Waals surface area contributed by atoms with Gasteiger partial charge in [0.05, 0.1) is 13.2 Å². The Kier molecular flexibility index (Phi) is 37.4. The maximum Gasteiger partial charge on any atom is 0.472 e. The predicted molar refractivity (Wildman–Crippen MR) is 222 cm³/mol. The summed E-state index contributed by atoms with van der Waals surface area (Å²) in [4.78, 5) is 45.9. The Morgan fingerprint density at radius 2 is 0.945 bits per heavy atom. The van der Waals surface area contributed by atoms with E-state index in [1.807, 2.05) is 0 Å². The quantitative estimate of drug-likeness (QED) is 0.0202. The van der Waals surface area contributed by atoms with Crippen LogP contribution in [0.1, 0.15) is 200 Å². The summed E-state index contributed by atoms with van der Waals surface area (Å²) in [5.41, 5.74) is 0. The van der Waals surface area contributed by atoms with Crippen molar-refractivity contribution in [1.82, 2.24) is 5.32 Å². The van der Waals surface area contributed by atoms with Crippen LogP contribution in [0.5, 0.6) is 0 Å². The average molecular weight is 802 g/mol. The number of carbonyl (C=O) groups is 3. The first-order valence-electron chi connectivity index (χ1n) is 21.9. The van der Waals surface area contributed by atoms with Gasteiger partial charge in [0.2, 0.25) is 5.91 Å². The van der Waals surface area contributed by atoms with E-state index in [0.29, 0.717) is 12.8 Å². The average Bonchev–Trinajstić information content (AvgIpc) is 3.16. The number of phosphoric ester groups is 1. The Morgan fingerprint density at radius 1 is 0.564 bits per heavy atom. The van der Waals surface area contributed by atoms with Crippen LogP contribution in [0.3, 0.4) is 0 Å². The van der Waals surface area contributed by atoms with Crippen LogP contribution in [-0.2, 0) is 32.7 Å². The third-order valence-electron chi connectivity index (χ3n) is 9.46. The number of ether oxygens (including phenoxy) is 1. The molecule has 3 atom stereocenters. The Hall–Kier alpha value is -2.04. The zero-order valence-electron chi connectivity index (χ0n) is 34.7. The summed E-state index contributed by atoms with van der Waals surface area (Å²) in [6.45, 7) is 2.57. The highest BCUT2D eigenvalue weighted by Gasteiger charge is 2.28. The number of hydrogen-bond donors (Lipinski definition) is 4. The Bertz CT molecular complexity index is 1040. The van der Waals surface area contributed by atoms with Crippen LogP contribution in [0, 0.1) is 0 Å². The molecule has 0 rings (SSSR count). The fourth-order valence-corrected chi connectivity index (χ4v) is 6.78. The van der Waals surface area contributed by atoms with Crippen molar-refractivity contribution in [1.29, 1.82) is 0 Å². The molecule has 0 aromatic carbocycles. The SMILES string of the molecule is CCCCCCCC/C=C\CCCCCCCC(=O)OCC(O)COP(=O)(O)OCC(NC(=O)CCCCCCC/C=C\CCCCCCCCC)C(=O)O. The molecule has 3 unspecified atom stereocenters. The zero-order valence-corrected chi connectivity index (χ0v) is 35.6. The Labute approximate surface area is 334 Å². The summed E-state index contributed by atoms with van der Waals surface area (Å²) in [7, 11) is -4.76. The normalized spacial score (nSPS) is 14.0. The smallest absolute Gasteiger partial charge is 0.472 e. The summed E-state index contributed by atoms with van der Waals surface area (Å²) >= 11 is 0. The number of aliphatic hydroxyl groups is 1. The van der Waals surface area contributed by atoms with Crippen molar-refractivity contribution < 1.29 is 47.8 Å². The van der Waals surface area contributed by atoms with Crippen LogP contribution < -0.4 is 5.32 Å². The highest BCUT2D eigenvalue weighted by Crippen LogP contribution is 2.43. The second-order valence-corrected chi connectivity index (χ2v) is 16.3. The highest BCUT2D eigenvalue weighted by atomic mass is 31.2. The van der Waals surface area contributed by atoms with Gasteiger partial charge >= 0.3 is 19.8 Å². The van der Waals surface area contributed by atoms with Gasteiger partial charge in [-0.25, -0.2) is 9.36 Å². The summed E-state index contributed by atoms with van der Waals surface area (Å²) in [6, 6.07) is -1.55. The van der Waals surface area contributed by atoms with E-state index >= 15 is 0 Å². The molecule has 0 aliphatic rings. The topological polar surface area (TPSA) is 169 Å². The number of carbonyl (C=O) groups excluding carboxylic acids is 2. The number of hydrogen-bond acceptors (Lipinski definition) is 8. The number of aliphatic hydroxyl groups excluding tert-OH is 1. The number of nitrogens with one attached hydrogen (secondary N) is 1. The second-order valence-electron chi connectivity index (χ2n) is 14.9. The molecule has 55 heavy (non-hydrogen) atoms. The fraction of sp³-hybridized carbons (Fsp3) is 0.837. The standard InChI is InChI=1S/C43H80NO10P/c1-3-5-7-9-11-13-15-17-19-21-22-24-26-28-30-32-34-41(46)44-40(43(48)49)38-54-55(50,51)53-37-39(45)36-52-42(47)35-33-31-29-27-25-23-20-18-16-14-12-10-8-6-4-2/h18-21,39-40,45H,3-17,22-38H2,1-2H3,(H,44,46)(H,48,49)(H,50,51)/b20-18-,21-19-. The molecule has 0 radical (unpaired) electrons. The predicted octanol–water partition coefficient (Wildman–Crippen LogP) is 11.1. The number of carboxylic acid groups (broad SMARTS) is 1. The molecule has 0 saturated carbocycles. The van der Waals surface area contributed by atoms with E-state index in [2.05, 4.69) is 43.5 Å². The number of aliphatic carboxylic acids is 1. The second kappa shape index (κ2) is 38.8. The molecule has 1 amide bonds. The first kappa shape index (κ1) is 53.0. The van der Waals surface area contributed by atoms with Crippen LogP contribution in [0.4, 0.5) is 0 Å². The molecular formula is C43H80NO10P. The van der Waals surface area contributed by atoms with Gasteiger partial charge < -0.3 is 25.2 Å². The Balaban J connectivity index is 3.92. The van der Waals surface area contributed by atoms with Crippen LogP contribution >= 0.6 is 7.82 Å². The van der Waals surface area contributed by atoms with Gasteiger partial charge in [0.1, 0.15) is 12.7 Å². The minimum Gasteiger partial charge on any atom is -0.480 e. The van der Waals surface area contributed by atoms with E-state index in [9.17, 15) is 34.1 Å². The minimum atomic E-state index is -4.76. The molecule has 0 aromatic rings. The third kappa shape index (κ3) is 38.6. The lowest BCUT2D eigenvalue weighted by Gasteiger charge is -2.18. The fourth-order valence-electron chi connectivity index (χ4n) is 6.01. The number of amides is 1. The molecule has 0 heterocycles. The molecule has 0 aliphatic heterocycles. The number of allylic oxidation sites excluding steroid dienone is 4. The van der Waals surface area contributed by atoms with Crippen molar-refractivity contribution >= 4 is 25.7 Å². The molecule has 0 spiro atoms. The van der Waals surface area contributed by atoms with Gasteiger partial charge in [-0.3, -0.25) is 18.6 Å². The van der Waals surface area contributed by atoms with Gasteiger partial charge in [-0.05, 0) is 64.2 Å². The van der Waals surface area contributed by atoms with Crippen molar-refractivity contribution in [3.63, 3.8) is 0 Å². The molecule has 12 heteroatoms. The van der Waals surface area contributed by atoms with E-state index < -0.39 is 57.6 Å². The Morgan fingerprint density at radius 3 is 1.38 bits per heavy atom. The highest BCUT2D eigenvalue weighted by molar-refractivity contribution is 7.47. The summed E-state index contributed by atoms with van der Waals surface area (Å²) < 4.78 is 26.8. The third-order valence-corrected chi connectivity index (χ3v) is 10.4. The van der Waals surface area contributed by atoms with Gasteiger partial charge in [0.15, 0.2) is 6.04 Å². The van der Waals surface area contributed by atoms with Gasteiger partial charge in [-0.2, -0.15) is 0 Å². The first-order valence-corrected chi connectivity index (χ1v) is 23.4. The summed E-state index contributed by atoms with van der Waals surface area (Å²) in [5.74, 6) is -2.39. The molecule has 322 valence electrons. The van der Waals surface area contributed by atoms with Gasteiger partial charge in [0, 0.05) is 12.8 Å². The first-order chi connectivity index (χ1) is 26.6.